The van der Waals surface area contributed by atoms with Crippen LogP contribution in [0.2, 0.25) is 0 Å². The van der Waals surface area contributed by atoms with Gasteiger partial charge >= 0.3 is 0 Å². The fourth-order valence-corrected chi connectivity index (χ4v) is 3.97. The molecule has 2 nitrogen and oxygen atoms in total. The van der Waals surface area contributed by atoms with Gasteiger partial charge in [-0.1, -0.05) is 43.7 Å². The minimum atomic E-state index is 0.513. The van der Waals surface area contributed by atoms with Crippen LogP contribution in [0.5, 0.6) is 0 Å². The number of fused-ring (bicyclic) bond motifs is 1. The second-order valence-electron chi connectivity index (χ2n) is 5.04. The monoisotopic (exact) mass is 300 g/mol. The van der Waals surface area contributed by atoms with Crippen LogP contribution < -0.4 is 0 Å². The predicted octanol–water partition coefficient (Wildman–Crippen LogP) is 5.17. The van der Waals surface area contributed by atoms with Crippen LogP contribution in [-0.4, -0.2) is 15.2 Å². The Bertz CT molecular complexity index is 730. The summed E-state index contributed by atoms with van der Waals surface area (Å²) in [6.45, 7) is 6.49. The van der Waals surface area contributed by atoms with Crippen molar-refractivity contribution in [2.24, 2.45) is 0 Å². The fraction of sp³-hybridized carbons (Fsp3) is 0.250. The lowest BCUT2D eigenvalue weighted by atomic mass is 10.1. The van der Waals surface area contributed by atoms with E-state index >= 15 is 0 Å². The molecule has 2 aromatic heterocycles. The molecule has 1 aromatic carbocycles. The maximum absolute atomic E-state index is 4.48. The van der Waals surface area contributed by atoms with Crippen LogP contribution in [0.1, 0.15) is 19.4 Å². The zero-order valence-electron chi connectivity index (χ0n) is 11.8. The highest BCUT2D eigenvalue weighted by molar-refractivity contribution is 8.00. The Kier molecular flexibility index (Phi) is 3.76. The van der Waals surface area contributed by atoms with Crippen LogP contribution in [0.3, 0.4) is 0 Å². The summed E-state index contributed by atoms with van der Waals surface area (Å²) in [7, 11) is 0. The van der Waals surface area contributed by atoms with Gasteiger partial charge in [-0.25, -0.2) is 9.97 Å². The zero-order chi connectivity index (χ0) is 14.1. The van der Waals surface area contributed by atoms with Crippen LogP contribution in [0.25, 0.3) is 21.3 Å². The molecule has 102 valence electrons. The van der Waals surface area contributed by atoms with Crippen LogP contribution in [0, 0.1) is 6.92 Å². The first-order valence-electron chi connectivity index (χ1n) is 6.61. The van der Waals surface area contributed by atoms with E-state index in [9.17, 15) is 0 Å². The average Bonchev–Trinajstić information content (AvgIpc) is 2.84. The molecule has 2 heterocycles. The number of hydrogen-bond acceptors (Lipinski definition) is 4. The van der Waals surface area contributed by atoms with Gasteiger partial charge in [-0.2, -0.15) is 0 Å². The normalized spacial score (nSPS) is 11.4. The predicted molar refractivity (Wildman–Crippen MR) is 88.6 cm³/mol. The standard InChI is InChI=1S/C16H16N2S2/c1-10(2)20-16-14-13(8-19-15(14)17-9-18-16)12-6-4-11(3)5-7-12/h4-10H,1-3H3. The van der Waals surface area contributed by atoms with E-state index in [1.807, 2.05) is 0 Å². The van der Waals surface area contributed by atoms with Crippen molar-refractivity contribution in [1.82, 2.24) is 9.97 Å². The van der Waals surface area contributed by atoms with Gasteiger partial charge in [-0.05, 0) is 12.5 Å². The maximum Gasteiger partial charge on any atom is 0.128 e. The average molecular weight is 300 g/mol. The van der Waals surface area contributed by atoms with E-state index < -0.39 is 0 Å². The number of nitrogens with zero attached hydrogens (tertiary/aromatic N) is 2. The Balaban J connectivity index is 2.18. The first-order valence-corrected chi connectivity index (χ1v) is 8.37. The summed E-state index contributed by atoms with van der Waals surface area (Å²) >= 11 is 3.49. The second kappa shape index (κ2) is 5.54. The van der Waals surface area contributed by atoms with Crippen molar-refractivity contribution < 1.29 is 0 Å². The highest BCUT2D eigenvalue weighted by Gasteiger charge is 2.14. The summed E-state index contributed by atoms with van der Waals surface area (Å²) < 4.78 is 0. The van der Waals surface area contributed by atoms with Gasteiger partial charge < -0.3 is 0 Å². The first kappa shape index (κ1) is 13.6. The van der Waals surface area contributed by atoms with Crippen molar-refractivity contribution in [1.29, 1.82) is 0 Å². The molecule has 0 amide bonds. The van der Waals surface area contributed by atoms with Gasteiger partial charge in [-0.15, -0.1) is 23.1 Å². The lowest BCUT2D eigenvalue weighted by molar-refractivity contribution is 1.07. The van der Waals surface area contributed by atoms with E-state index in [0.29, 0.717) is 5.25 Å². The number of benzene rings is 1. The number of thioether (sulfide) groups is 1. The van der Waals surface area contributed by atoms with E-state index in [2.05, 4.69) is 60.4 Å². The van der Waals surface area contributed by atoms with Crippen molar-refractivity contribution in [3.05, 3.63) is 41.5 Å². The summed E-state index contributed by atoms with van der Waals surface area (Å²) in [5, 5.41) is 4.98. The Labute approximate surface area is 127 Å². The Morgan fingerprint density at radius 3 is 2.55 bits per heavy atom. The molecule has 0 spiro atoms. The summed E-state index contributed by atoms with van der Waals surface area (Å²) in [5.74, 6) is 0. The molecule has 4 heteroatoms. The van der Waals surface area contributed by atoms with Crippen molar-refractivity contribution in [3.63, 3.8) is 0 Å². The smallest absolute Gasteiger partial charge is 0.128 e. The molecule has 20 heavy (non-hydrogen) atoms. The van der Waals surface area contributed by atoms with Gasteiger partial charge in [0.25, 0.3) is 0 Å². The molecule has 0 atom stereocenters. The van der Waals surface area contributed by atoms with E-state index in [0.717, 1.165) is 9.86 Å². The zero-order valence-corrected chi connectivity index (χ0v) is 13.4. The van der Waals surface area contributed by atoms with E-state index in [-0.39, 0.29) is 0 Å². The van der Waals surface area contributed by atoms with Crippen LogP contribution in [0.4, 0.5) is 0 Å². The molecule has 3 aromatic rings. The van der Waals surface area contributed by atoms with Crippen molar-refractivity contribution in [2.45, 2.75) is 31.0 Å². The number of aryl methyl sites for hydroxylation is 1. The number of hydrogen-bond donors (Lipinski definition) is 0. The maximum atomic E-state index is 4.48. The molecule has 3 rings (SSSR count). The first-order chi connectivity index (χ1) is 9.65. The van der Waals surface area contributed by atoms with Crippen LogP contribution in [0.15, 0.2) is 41.0 Å². The minimum absolute atomic E-state index is 0.513. The molecule has 0 radical (unpaired) electrons. The molecular weight excluding hydrogens is 284 g/mol. The molecular formula is C16H16N2S2. The summed E-state index contributed by atoms with van der Waals surface area (Å²) in [4.78, 5) is 9.96. The van der Waals surface area contributed by atoms with E-state index in [1.165, 1.54) is 22.1 Å². The van der Waals surface area contributed by atoms with Gasteiger partial charge in [0, 0.05) is 16.2 Å². The number of rotatable bonds is 3. The van der Waals surface area contributed by atoms with Gasteiger partial charge in [0.15, 0.2) is 0 Å². The molecule has 0 bridgehead atoms. The quantitative estimate of drug-likeness (QED) is 0.493. The lowest BCUT2D eigenvalue weighted by Gasteiger charge is -2.07. The molecule has 0 N–H and O–H groups in total. The topological polar surface area (TPSA) is 25.8 Å². The van der Waals surface area contributed by atoms with E-state index in [4.69, 9.17) is 0 Å². The third kappa shape index (κ3) is 2.58. The van der Waals surface area contributed by atoms with Gasteiger partial charge in [0.1, 0.15) is 16.2 Å². The highest BCUT2D eigenvalue weighted by Crippen LogP contribution is 2.38. The summed E-state index contributed by atoms with van der Waals surface area (Å²) in [6.07, 6.45) is 1.67. The van der Waals surface area contributed by atoms with Crippen molar-refractivity contribution in [2.75, 3.05) is 0 Å². The van der Waals surface area contributed by atoms with Gasteiger partial charge in [0.05, 0.1) is 5.39 Å². The number of thiophene rings is 1. The lowest BCUT2D eigenvalue weighted by Crippen LogP contribution is -1.91. The molecule has 0 unspecified atom stereocenters. The number of aromatic nitrogens is 2. The Morgan fingerprint density at radius 1 is 1.10 bits per heavy atom. The summed E-state index contributed by atoms with van der Waals surface area (Å²) in [5.41, 5.74) is 3.76. The van der Waals surface area contributed by atoms with Crippen molar-refractivity contribution in [3.8, 4) is 11.1 Å². The third-order valence-corrected chi connectivity index (χ3v) is 4.94. The van der Waals surface area contributed by atoms with Crippen LogP contribution in [-0.2, 0) is 0 Å². The molecule has 0 aliphatic rings. The minimum Gasteiger partial charge on any atom is -0.229 e. The van der Waals surface area contributed by atoms with E-state index in [1.54, 1.807) is 29.4 Å². The fourth-order valence-electron chi connectivity index (χ4n) is 2.11. The van der Waals surface area contributed by atoms with Crippen LogP contribution >= 0.6 is 23.1 Å². The summed E-state index contributed by atoms with van der Waals surface area (Å²) in [6, 6.07) is 8.65. The molecule has 0 fully saturated rings. The molecule has 0 saturated heterocycles. The molecule has 0 saturated carbocycles. The Hall–Kier alpha value is -1.39. The highest BCUT2D eigenvalue weighted by atomic mass is 32.2. The second-order valence-corrected chi connectivity index (χ2v) is 7.46. The molecule has 0 aliphatic carbocycles. The SMILES string of the molecule is Cc1ccc(-c2csc3ncnc(SC(C)C)c23)cc1. The van der Waals surface area contributed by atoms with Crippen molar-refractivity contribution >= 4 is 33.3 Å². The third-order valence-electron chi connectivity index (χ3n) is 3.05. The van der Waals surface area contributed by atoms with Gasteiger partial charge in [0.2, 0.25) is 0 Å². The largest absolute Gasteiger partial charge is 0.229 e. The Morgan fingerprint density at radius 2 is 1.85 bits per heavy atom. The molecule has 0 aliphatic heterocycles. The van der Waals surface area contributed by atoms with Gasteiger partial charge in [-0.3, -0.25) is 0 Å².